The Morgan fingerprint density at radius 1 is 1.47 bits per heavy atom. The zero-order valence-electron chi connectivity index (χ0n) is 9.93. The monoisotopic (exact) mass is 233 g/mol. The number of hydrogen-bond acceptors (Lipinski definition) is 2. The Morgan fingerprint density at radius 2 is 2.18 bits per heavy atom. The highest BCUT2D eigenvalue weighted by Gasteiger charge is 2.29. The summed E-state index contributed by atoms with van der Waals surface area (Å²) in [5.74, 6) is -0.877. The molecule has 0 unspecified atom stereocenters. The van der Waals surface area contributed by atoms with Gasteiger partial charge in [-0.3, -0.25) is 9.59 Å². The van der Waals surface area contributed by atoms with Gasteiger partial charge in [0.05, 0.1) is 6.42 Å². The maximum atomic E-state index is 12.1. The van der Waals surface area contributed by atoms with E-state index in [2.05, 4.69) is 0 Å². The van der Waals surface area contributed by atoms with E-state index >= 15 is 0 Å². The molecule has 90 valence electrons. The first-order valence-electron chi connectivity index (χ1n) is 5.63. The number of nitrogens with zero attached hydrogens (tertiary/aromatic N) is 1. The van der Waals surface area contributed by atoms with Gasteiger partial charge in [-0.2, -0.15) is 0 Å². The minimum Gasteiger partial charge on any atom is -0.481 e. The summed E-state index contributed by atoms with van der Waals surface area (Å²) >= 11 is 0. The van der Waals surface area contributed by atoms with Crippen molar-refractivity contribution >= 4 is 11.9 Å². The number of benzene rings is 1. The van der Waals surface area contributed by atoms with Gasteiger partial charge in [-0.15, -0.1) is 0 Å². The van der Waals surface area contributed by atoms with E-state index in [-0.39, 0.29) is 18.4 Å². The third kappa shape index (κ3) is 2.16. The number of amides is 1. The molecule has 1 N–H and O–H groups in total. The molecule has 0 saturated carbocycles. The molecule has 1 amide bonds. The number of carbonyl (C=O) groups excluding carboxylic acids is 1. The lowest BCUT2D eigenvalue weighted by molar-refractivity contribution is -0.136. The Balaban J connectivity index is 2.31. The highest BCUT2D eigenvalue weighted by Crippen LogP contribution is 2.25. The highest BCUT2D eigenvalue weighted by atomic mass is 16.4. The van der Waals surface area contributed by atoms with E-state index in [0.717, 1.165) is 5.56 Å². The number of fused-ring (bicyclic) bond motifs is 1. The fourth-order valence-corrected chi connectivity index (χ4v) is 2.07. The fraction of sp³-hybridized carbons (Fsp3) is 0.385. The quantitative estimate of drug-likeness (QED) is 0.864. The molecule has 0 aliphatic carbocycles. The Hall–Kier alpha value is -1.84. The minimum absolute atomic E-state index is 0.00207. The second kappa shape index (κ2) is 4.20. The molecule has 0 radical (unpaired) electrons. The molecule has 17 heavy (non-hydrogen) atoms. The Morgan fingerprint density at radius 3 is 2.76 bits per heavy atom. The second-order valence-electron chi connectivity index (χ2n) is 4.59. The number of carboxylic acids is 1. The van der Waals surface area contributed by atoms with Crippen molar-refractivity contribution < 1.29 is 14.7 Å². The fourth-order valence-electron chi connectivity index (χ4n) is 2.07. The van der Waals surface area contributed by atoms with Crippen LogP contribution in [0.15, 0.2) is 18.2 Å². The van der Waals surface area contributed by atoms with Gasteiger partial charge in [0.25, 0.3) is 5.91 Å². The second-order valence-corrected chi connectivity index (χ2v) is 4.59. The SMILES string of the molecule is CC(C)N1Cc2ccc(CC(=O)O)cc2C1=O. The van der Waals surface area contributed by atoms with Crippen LogP contribution in [0.5, 0.6) is 0 Å². The number of rotatable bonds is 3. The molecule has 1 aromatic rings. The Labute approximate surface area is 99.9 Å². The molecular formula is C13H15NO3. The van der Waals surface area contributed by atoms with E-state index < -0.39 is 5.97 Å². The van der Waals surface area contributed by atoms with Crippen molar-refractivity contribution in [3.8, 4) is 0 Å². The summed E-state index contributed by atoms with van der Waals surface area (Å²) in [7, 11) is 0. The van der Waals surface area contributed by atoms with Crippen molar-refractivity contribution in [2.75, 3.05) is 0 Å². The zero-order chi connectivity index (χ0) is 12.6. The summed E-state index contributed by atoms with van der Waals surface area (Å²) in [5.41, 5.74) is 2.31. The van der Waals surface area contributed by atoms with Crippen LogP contribution in [-0.4, -0.2) is 27.9 Å². The van der Waals surface area contributed by atoms with Crippen molar-refractivity contribution in [3.05, 3.63) is 34.9 Å². The van der Waals surface area contributed by atoms with Gasteiger partial charge in [-0.25, -0.2) is 0 Å². The van der Waals surface area contributed by atoms with Crippen LogP contribution in [0.4, 0.5) is 0 Å². The van der Waals surface area contributed by atoms with Crippen molar-refractivity contribution in [1.29, 1.82) is 0 Å². The predicted octanol–water partition coefficient (Wildman–Crippen LogP) is 1.68. The average Bonchev–Trinajstić information content (AvgIpc) is 2.56. The number of carbonyl (C=O) groups is 2. The van der Waals surface area contributed by atoms with Gasteiger partial charge in [-0.1, -0.05) is 12.1 Å². The van der Waals surface area contributed by atoms with Gasteiger partial charge in [0.2, 0.25) is 0 Å². The van der Waals surface area contributed by atoms with Gasteiger partial charge >= 0.3 is 5.97 Å². The van der Waals surface area contributed by atoms with Gasteiger partial charge < -0.3 is 10.0 Å². The van der Waals surface area contributed by atoms with Crippen LogP contribution in [0.2, 0.25) is 0 Å². The van der Waals surface area contributed by atoms with E-state index in [1.165, 1.54) is 0 Å². The summed E-state index contributed by atoms with van der Waals surface area (Å²) in [6.07, 6.45) is -0.0394. The number of hydrogen-bond donors (Lipinski definition) is 1. The van der Waals surface area contributed by atoms with Crippen molar-refractivity contribution in [2.45, 2.75) is 32.9 Å². The van der Waals surface area contributed by atoms with E-state index in [1.807, 2.05) is 19.9 Å². The van der Waals surface area contributed by atoms with Crippen molar-refractivity contribution in [3.63, 3.8) is 0 Å². The van der Waals surface area contributed by atoms with Crippen LogP contribution >= 0.6 is 0 Å². The number of aliphatic carboxylic acids is 1. The van der Waals surface area contributed by atoms with Crippen LogP contribution in [0, 0.1) is 0 Å². The van der Waals surface area contributed by atoms with E-state index in [0.29, 0.717) is 17.7 Å². The first kappa shape index (κ1) is 11.6. The van der Waals surface area contributed by atoms with Gasteiger partial charge in [0.1, 0.15) is 0 Å². The zero-order valence-corrected chi connectivity index (χ0v) is 9.93. The van der Waals surface area contributed by atoms with Crippen LogP contribution in [-0.2, 0) is 17.8 Å². The first-order valence-corrected chi connectivity index (χ1v) is 5.63. The summed E-state index contributed by atoms with van der Waals surface area (Å²) in [5, 5.41) is 8.73. The molecule has 1 aliphatic heterocycles. The maximum absolute atomic E-state index is 12.1. The van der Waals surface area contributed by atoms with Crippen LogP contribution < -0.4 is 0 Å². The van der Waals surface area contributed by atoms with Crippen LogP contribution in [0.3, 0.4) is 0 Å². The molecule has 1 heterocycles. The molecule has 4 heteroatoms. The topological polar surface area (TPSA) is 57.6 Å². The maximum Gasteiger partial charge on any atom is 0.307 e. The number of carboxylic acid groups (broad SMARTS) is 1. The smallest absolute Gasteiger partial charge is 0.307 e. The third-order valence-electron chi connectivity index (χ3n) is 2.98. The Kier molecular flexibility index (Phi) is 2.88. The third-order valence-corrected chi connectivity index (χ3v) is 2.98. The summed E-state index contributed by atoms with van der Waals surface area (Å²) in [6, 6.07) is 5.50. The van der Waals surface area contributed by atoms with Gasteiger partial charge in [0, 0.05) is 18.2 Å². The molecule has 0 bridgehead atoms. The predicted molar refractivity (Wildman–Crippen MR) is 62.8 cm³/mol. The van der Waals surface area contributed by atoms with E-state index in [4.69, 9.17) is 5.11 Å². The molecule has 0 spiro atoms. The highest BCUT2D eigenvalue weighted by molar-refractivity contribution is 5.98. The van der Waals surface area contributed by atoms with E-state index in [9.17, 15) is 9.59 Å². The molecular weight excluding hydrogens is 218 g/mol. The van der Waals surface area contributed by atoms with E-state index in [1.54, 1.807) is 17.0 Å². The standard InChI is InChI=1S/C13H15NO3/c1-8(2)14-7-10-4-3-9(6-12(15)16)5-11(10)13(14)17/h3-5,8H,6-7H2,1-2H3,(H,15,16). The molecule has 1 aromatic carbocycles. The molecule has 1 aliphatic rings. The van der Waals surface area contributed by atoms with Gasteiger partial charge in [-0.05, 0) is 31.0 Å². The summed E-state index contributed by atoms with van der Waals surface area (Å²) < 4.78 is 0. The molecule has 0 atom stereocenters. The molecule has 2 rings (SSSR count). The van der Waals surface area contributed by atoms with Crippen molar-refractivity contribution in [2.24, 2.45) is 0 Å². The van der Waals surface area contributed by atoms with Gasteiger partial charge in [0.15, 0.2) is 0 Å². The Bertz CT molecular complexity index is 480. The summed E-state index contributed by atoms with van der Waals surface area (Å²) in [6.45, 7) is 4.57. The van der Waals surface area contributed by atoms with Crippen LogP contribution in [0.1, 0.15) is 35.3 Å². The lowest BCUT2D eigenvalue weighted by Gasteiger charge is -2.19. The molecule has 0 saturated heterocycles. The molecule has 4 nitrogen and oxygen atoms in total. The first-order chi connectivity index (χ1) is 7.99. The lowest BCUT2D eigenvalue weighted by atomic mass is 10.0. The largest absolute Gasteiger partial charge is 0.481 e. The minimum atomic E-state index is -0.879. The average molecular weight is 233 g/mol. The molecule has 0 fully saturated rings. The lowest BCUT2D eigenvalue weighted by Crippen LogP contribution is -2.30. The van der Waals surface area contributed by atoms with Crippen LogP contribution in [0.25, 0.3) is 0 Å². The molecule has 0 aromatic heterocycles. The normalized spacial score (nSPS) is 14.3. The summed E-state index contributed by atoms with van der Waals surface area (Å²) in [4.78, 5) is 24.5. The van der Waals surface area contributed by atoms with Crippen molar-refractivity contribution in [1.82, 2.24) is 4.90 Å².